The molecule has 0 aliphatic rings. The second-order valence-corrected chi connectivity index (χ2v) is 4.63. The van der Waals surface area contributed by atoms with Gasteiger partial charge in [0, 0.05) is 25.8 Å². The molecular weight excluding hydrogens is 264 g/mol. The molecule has 0 saturated carbocycles. The Bertz CT molecular complexity index is 601. The summed E-state index contributed by atoms with van der Waals surface area (Å²) in [4.78, 5) is 9.94. The van der Waals surface area contributed by atoms with E-state index in [0.717, 1.165) is 5.69 Å². The van der Waals surface area contributed by atoms with Gasteiger partial charge in [0.25, 0.3) is 0 Å². The Morgan fingerprint density at radius 3 is 2.68 bits per heavy atom. The summed E-state index contributed by atoms with van der Waals surface area (Å²) in [5, 5.41) is 0.116. The van der Waals surface area contributed by atoms with Crippen molar-refractivity contribution in [2.45, 2.75) is 6.92 Å². The minimum absolute atomic E-state index is 0.116. The molecule has 1 aromatic carbocycles. The van der Waals surface area contributed by atoms with Gasteiger partial charge in [-0.2, -0.15) is 4.98 Å². The zero-order valence-electron chi connectivity index (χ0n) is 11.0. The quantitative estimate of drug-likeness (QED) is 0.875. The number of anilines is 2. The van der Waals surface area contributed by atoms with Crippen LogP contribution in [0.1, 0.15) is 5.69 Å². The summed E-state index contributed by atoms with van der Waals surface area (Å²) in [5.74, 6) is 0.917. The molecule has 0 aliphatic heterocycles. The Kier molecular flexibility index (Phi) is 3.76. The third kappa shape index (κ3) is 3.06. The van der Waals surface area contributed by atoms with Gasteiger partial charge < -0.3 is 15.4 Å². The van der Waals surface area contributed by atoms with Crippen LogP contribution in [0.3, 0.4) is 0 Å². The van der Waals surface area contributed by atoms with Crippen LogP contribution in [0, 0.1) is 6.92 Å². The van der Waals surface area contributed by atoms with Gasteiger partial charge in [-0.25, -0.2) is 4.98 Å². The summed E-state index contributed by atoms with van der Waals surface area (Å²) in [6, 6.07) is 7.60. The predicted octanol–water partition coefficient (Wildman–Crippen LogP) is 2.88. The monoisotopic (exact) mass is 278 g/mol. The van der Waals surface area contributed by atoms with Crippen LogP contribution in [-0.2, 0) is 0 Å². The molecular formula is C13H15ClN4O. The first-order chi connectivity index (χ1) is 8.97. The molecule has 6 heteroatoms. The highest BCUT2D eigenvalue weighted by molar-refractivity contribution is 6.28. The van der Waals surface area contributed by atoms with E-state index in [1.807, 2.05) is 43.3 Å². The van der Waals surface area contributed by atoms with Gasteiger partial charge in [-0.1, -0.05) is 6.07 Å². The second-order valence-electron chi connectivity index (χ2n) is 4.29. The van der Waals surface area contributed by atoms with Crippen molar-refractivity contribution in [1.29, 1.82) is 0 Å². The van der Waals surface area contributed by atoms with Crippen LogP contribution in [0.5, 0.6) is 11.6 Å². The highest BCUT2D eigenvalue weighted by atomic mass is 35.5. The Hall–Kier alpha value is -2.01. The first-order valence-electron chi connectivity index (χ1n) is 5.72. The minimum atomic E-state index is 0.116. The Balaban J connectivity index is 2.33. The normalized spacial score (nSPS) is 10.3. The van der Waals surface area contributed by atoms with Gasteiger partial charge >= 0.3 is 0 Å². The van der Waals surface area contributed by atoms with Crippen LogP contribution in [0.4, 0.5) is 11.4 Å². The molecule has 1 aromatic heterocycles. The minimum Gasteiger partial charge on any atom is -0.437 e. The Morgan fingerprint density at radius 1 is 1.26 bits per heavy atom. The van der Waals surface area contributed by atoms with Crippen LogP contribution in [0.25, 0.3) is 0 Å². The third-order valence-corrected chi connectivity index (χ3v) is 2.79. The molecule has 0 saturated heterocycles. The maximum absolute atomic E-state index is 5.88. The van der Waals surface area contributed by atoms with E-state index in [-0.39, 0.29) is 11.2 Å². The van der Waals surface area contributed by atoms with Crippen LogP contribution < -0.4 is 15.4 Å². The fourth-order valence-electron chi connectivity index (χ4n) is 1.54. The number of benzene rings is 1. The number of nitrogens with two attached hydrogens (primary N) is 1. The van der Waals surface area contributed by atoms with Gasteiger partial charge in [0.2, 0.25) is 11.2 Å². The summed E-state index contributed by atoms with van der Waals surface area (Å²) in [7, 11) is 3.92. The standard InChI is InChI=1S/C13H15ClN4O/c1-8-11(15)12(17-13(14)16-8)19-10-6-4-5-9(7-10)18(2)3/h4-7H,15H2,1-3H3. The highest BCUT2D eigenvalue weighted by Gasteiger charge is 2.10. The smallest absolute Gasteiger partial charge is 0.247 e. The molecule has 2 N–H and O–H groups in total. The molecule has 0 fully saturated rings. The van der Waals surface area contributed by atoms with E-state index >= 15 is 0 Å². The van der Waals surface area contributed by atoms with Crippen molar-refractivity contribution < 1.29 is 4.74 Å². The first-order valence-corrected chi connectivity index (χ1v) is 6.10. The average Bonchev–Trinajstić information content (AvgIpc) is 2.35. The lowest BCUT2D eigenvalue weighted by Gasteiger charge is -2.14. The molecule has 100 valence electrons. The van der Waals surface area contributed by atoms with E-state index < -0.39 is 0 Å². The largest absolute Gasteiger partial charge is 0.437 e. The lowest BCUT2D eigenvalue weighted by Crippen LogP contribution is -2.08. The topological polar surface area (TPSA) is 64.3 Å². The van der Waals surface area contributed by atoms with Gasteiger partial charge in [-0.05, 0) is 30.7 Å². The van der Waals surface area contributed by atoms with Crippen molar-refractivity contribution in [3.05, 3.63) is 35.2 Å². The lowest BCUT2D eigenvalue weighted by atomic mass is 10.3. The van der Waals surface area contributed by atoms with Crippen LogP contribution in [-0.4, -0.2) is 24.1 Å². The van der Waals surface area contributed by atoms with Crippen molar-refractivity contribution in [2.75, 3.05) is 24.7 Å². The fourth-order valence-corrected chi connectivity index (χ4v) is 1.74. The molecule has 0 unspecified atom stereocenters. The number of nitrogen functional groups attached to an aromatic ring is 1. The Morgan fingerprint density at radius 2 is 2.00 bits per heavy atom. The molecule has 5 nitrogen and oxygen atoms in total. The van der Waals surface area contributed by atoms with Crippen molar-refractivity contribution in [1.82, 2.24) is 9.97 Å². The Labute approximate surface area is 117 Å². The predicted molar refractivity (Wildman–Crippen MR) is 77.0 cm³/mol. The van der Waals surface area contributed by atoms with Gasteiger partial charge in [0.1, 0.15) is 11.4 Å². The number of hydrogen-bond donors (Lipinski definition) is 1. The lowest BCUT2D eigenvalue weighted by molar-refractivity contribution is 0.464. The summed E-state index contributed by atoms with van der Waals surface area (Å²) < 4.78 is 5.67. The molecule has 2 aromatic rings. The molecule has 1 heterocycles. The molecule has 0 aliphatic carbocycles. The van der Waals surface area contributed by atoms with E-state index in [9.17, 15) is 0 Å². The van der Waals surface area contributed by atoms with Crippen LogP contribution in [0.2, 0.25) is 5.28 Å². The number of nitrogens with zero attached hydrogens (tertiary/aromatic N) is 3. The van der Waals surface area contributed by atoms with Gasteiger partial charge in [-0.15, -0.1) is 0 Å². The fraction of sp³-hybridized carbons (Fsp3) is 0.231. The first kappa shape index (κ1) is 13.4. The van der Waals surface area contributed by atoms with Crippen molar-refractivity contribution in [3.63, 3.8) is 0 Å². The van der Waals surface area contributed by atoms with Crippen molar-refractivity contribution in [3.8, 4) is 11.6 Å². The maximum atomic E-state index is 5.88. The number of ether oxygens (including phenoxy) is 1. The molecule has 0 bridgehead atoms. The summed E-state index contributed by atoms with van der Waals surface area (Å²) in [6.07, 6.45) is 0. The van der Waals surface area contributed by atoms with E-state index in [4.69, 9.17) is 22.1 Å². The third-order valence-electron chi connectivity index (χ3n) is 2.62. The van der Waals surface area contributed by atoms with E-state index in [1.165, 1.54) is 0 Å². The van der Waals surface area contributed by atoms with Gasteiger partial charge in [-0.3, -0.25) is 0 Å². The van der Waals surface area contributed by atoms with Gasteiger partial charge in [0.15, 0.2) is 0 Å². The molecule has 19 heavy (non-hydrogen) atoms. The number of aromatic nitrogens is 2. The van der Waals surface area contributed by atoms with Crippen molar-refractivity contribution >= 4 is 23.0 Å². The number of hydrogen-bond acceptors (Lipinski definition) is 5. The summed E-state index contributed by atoms with van der Waals surface area (Å²) in [6.45, 7) is 1.76. The molecule has 2 rings (SSSR count). The summed E-state index contributed by atoms with van der Waals surface area (Å²) in [5.41, 5.74) is 7.88. The number of rotatable bonds is 3. The zero-order chi connectivity index (χ0) is 14.0. The van der Waals surface area contributed by atoms with Crippen LogP contribution in [0.15, 0.2) is 24.3 Å². The van der Waals surface area contributed by atoms with E-state index in [1.54, 1.807) is 6.92 Å². The second kappa shape index (κ2) is 5.32. The average molecular weight is 279 g/mol. The number of halogens is 1. The molecule has 0 atom stereocenters. The van der Waals surface area contributed by atoms with Crippen LogP contribution >= 0.6 is 11.6 Å². The number of aryl methyl sites for hydroxylation is 1. The molecule has 0 amide bonds. The van der Waals surface area contributed by atoms with Gasteiger partial charge in [0.05, 0.1) is 5.69 Å². The van der Waals surface area contributed by atoms with E-state index in [2.05, 4.69) is 9.97 Å². The SMILES string of the molecule is Cc1nc(Cl)nc(Oc2cccc(N(C)C)c2)c1N. The summed E-state index contributed by atoms with van der Waals surface area (Å²) >= 11 is 5.80. The maximum Gasteiger partial charge on any atom is 0.247 e. The zero-order valence-corrected chi connectivity index (χ0v) is 11.8. The van der Waals surface area contributed by atoms with Crippen molar-refractivity contribution in [2.24, 2.45) is 0 Å². The molecule has 0 radical (unpaired) electrons. The molecule has 0 spiro atoms. The highest BCUT2D eigenvalue weighted by Crippen LogP contribution is 2.29. The van der Waals surface area contributed by atoms with E-state index in [0.29, 0.717) is 17.1 Å².